The SMILES string of the molecule is CN1CCOC(Cn2ccc3ccc(/C(N)=N/O)cc32)C1. The van der Waals surface area contributed by atoms with Crippen molar-refractivity contribution in [3.05, 3.63) is 36.0 Å². The molecule has 0 radical (unpaired) electrons. The summed E-state index contributed by atoms with van der Waals surface area (Å²) in [7, 11) is 2.11. The van der Waals surface area contributed by atoms with Crippen LogP contribution in [0.5, 0.6) is 0 Å². The van der Waals surface area contributed by atoms with Gasteiger partial charge >= 0.3 is 0 Å². The first kappa shape index (κ1) is 13.9. The molecule has 0 spiro atoms. The average molecular weight is 288 g/mol. The highest BCUT2D eigenvalue weighted by Crippen LogP contribution is 2.19. The summed E-state index contributed by atoms with van der Waals surface area (Å²) in [5.41, 5.74) is 7.45. The Balaban J connectivity index is 1.88. The minimum absolute atomic E-state index is 0.123. The number of ether oxygens (including phenoxy) is 1. The van der Waals surface area contributed by atoms with Gasteiger partial charge in [0.1, 0.15) is 0 Å². The standard InChI is InChI=1S/C15H20N4O2/c1-18-6-7-21-13(9-18)10-19-5-4-11-2-3-12(8-14(11)19)15(16)17-20/h2-5,8,13,20H,6-7,9-10H2,1H3,(H2,16,17). The molecule has 1 atom stereocenters. The number of benzene rings is 1. The first-order chi connectivity index (χ1) is 10.2. The lowest BCUT2D eigenvalue weighted by Gasteiger charge is -2.30. The van der Waals surface area contributed by atoms with Gasteiger partial charge < -0.3 is 25.1 Å². The summed E-state index contributed by atoms with van der Waals surface area (Å²) >= 11 is 0. The van der Waals surface area contributed by atoms with E-state index in [2.05, 4.69) is 33.9 Å². The maximum atomic E-state index is 8.80. The molecule has 1 aromatic carbocycles. The Morgan fingerprint density at radius 3 is 3.10 bits per heavy atom. The van der Waals surface area contributed by atoms with Gasteiger partial charge in [-0.25, -0.2) is 0 Å². The highest BCUT2D eigenvalue weighted by atomic mass is 16.5. The Labute approximate surface area is 123 Å². The van der Waals surface area contributed by atoms with Crippen LogP contribution in [0.25, 0.3) is 10.9 Å². The van der Waals surface area contributed by atoms with Gasteiger partial charge in [-0.15, -0.1) is 0 Å². The molecule has 3 rings (SSSR count). The van der Waals surface area contributed by atoms with Crippen LogP contribution in [0.3, 0.4) is 0 Å². The zero-order valence-corrected chi connectivity index (χ0v) is 12.1. The second-order valence-corrected chi connectivity index (χ2v) is 5.48. The molecule has 1 aliphatic rings. The van der Waals surface area contributed by atoms with E-state index in [1.165, 1.54) is 0 Å². The van der Waals surface area contributed by atoms with Crippen LogP contribution >= 0.6 is 0 Å². The highest BCUT2D eigenvalue weighted by Gasteiger charge is 2.18. The maximum Gasteiger partial charge on any atom is 0.170 e. The van der Waals surface area contributed by atoms with Crippen molar-refractivity contribution >= 4 is 16.7 Å². The van der Waals surface area contributed by atoms with Crippen molar-refractivity contribution in [1.29, 1.82) is 0 Å². The number of nitrogens with zero attached hydrogens (tertiary/aromatic N) is 3. The molecular formula is C15H20N4O2. The molecule has 21 heavy (non-hydrogen) atoms. The van der Waals surface area contributed by atoms with Crippen LogP contribution in [0.1, 0.15) is 5.56 Å². The van der Waals surface area contributed by atoms with Crippen molar-refractivity contribution in [2.75, 3.05) is 26.7 Å². The largest absolute Gasteiger partial charge is 0.409 e. The molecular weight excluding hydrogens is 268 g/mol. The Kier molecular flexibility index (Phi) is 3.81. The van der Waals surface area contributed by atoms with E-state index in [9.17, 15) is 0 Å². The molecule has 1 unspecified atom stereocenters. The molecule has 2 aromatic rings. The average Bonchev–Trinajstić information content (AvgIpc) is 2.89. The lowest BCUT2D eigenvalue weighted by molar-refractivity contribution is -0.0269. The van der Waals surface area contributed by atoms with Crippen molar-refractivity contribution < 1.29 is 9.94 Å². The van der Waals surface area contributed by atoms with Crippen LogP contribution in [-0.2, 0) is 11.3 Å². The van der Waals surface area contributed by atoms with Crippen molar-refractivity contribution in [2.45, 2.75) is 12.6 Å². The molecule has 0 amide bonds. The predicted octanol–water partition coefficient (Wildman–Crippen LogP) is 1.07. The molecule has 1 fully saturated rings. The zero-order chi connectivity index (χ0) is 14.8. The number of likely N-dealkylation sites (N-methyl/N-ethyl adjacent to an activating group) is 1. The quantitative estimate of drug-likeness (QED) is 0.383. The summed E-state index contributed by atoms with van der Waals surface area (Å²) in [5.74, 6) is 0.123. The van der Waals surface area contributed by atoms with E-state index in [-0.39, 0.29) is 11.9 Å². The van der Waals surface area contributed by atoms with Crippen molar-refractivity contribution in [3.8, 4) is 0 Å². The Hall–Kier alpha value is -2.05. The number of aromatic nitrogens is 1. The molecule has 112 valence electrons. The minimum Gasteiger partial charge on any atom is -0.409 e. The maximum absolute atomic E-state index is 8.80. The molecule has 0 bridgehead atoms. The van der Waals surface area contributed by atoms with Crippen LogP contribution in [-0.4, -0.2) is 53.4 Å². The molecule has 6 nitrogen and oxygen atoms in total. The van der Waals surface area contributed by atoms with Crippen molar-refractivity contribution in [1.82, 2.24) is 9.47 Å². The number of hydrogen-bond acceptors (Lipinski definition) is 4. The molecule has 6 heteroatoms. The topological polar surface area (TPSA) is 76.0 Å². The number of amidine groups is 1. The number of rotatable bonds is 3. The fourth-order valence-electron chi connectivity index (χ4n) is 2.76. The normalized spacial score (nSPS) is 21.0. The van der Waals surface area contributed by atoms with E-state index < -0.39 is 0 Å². The second kappa shape index (κ2) is 5.75. The number of hydrogen-bond donors (Lipinski definition) is 2. The first-order valence-electron chi connectivity index (χ1n) is 7.04. The van der Waals surface area contributed by atoms with Crippen molar-refractivity contribution in [2.24, 2.45) is 10.9 Å². The molecule has 1 saturated heterocycles. The summed E-state index contributed by atoms with van der Waals surface area (Å²) in [6.45, 7) is 3.49. The monoisotopic (exact) mass is 288 g/mol. The Morgan fingerprint density at radius 1 is 1.48 bits per heavy atom. The third-order valence-electron chi connectivity index (χ3n) is 3.92. The van der Waals surface area contributed by atoms with E-state index in [1.54, 1.807) is 0 Å². The smallest absolute Gasteiger partial charge is 0.170 e. The number of fused-ring (bicyclic) bond motifs is 1. The highest BCUT2D eigenvalue weighted by molar-refractivity contribution is 6.00. The molecule has 2 heterocycles. The van der Waals surface area contributed by atoms with Crippen LogP contribution in [0.4, 0.5) is 0 Å². The van der Waals surface area contributed by atoms with Gasteiger partial charge in [0, 0.05) is 30.4 Å². The van der Waals surface area contributed by atoms with E-state index in [1.807, 2.05) is 18.2 Å². The first-order valence-corrected chi connectivity index (χ1v) is 7.04. The summed E-state index contributed by atoms with van der Waals surface area (Å²) in [6.07, 6.45) is 2.24. The number of oxime groups is 1. The fourth-order valence-corrected chi connectivity index (χ4v) is 2.76. The third kappa shape index (κ3) is 2.86. The van der Waals surface area contributed by atoms with E-state index in [0.29, 0.717) is 5.56 Å². The lowest BCUT2D eigenvalue weighted by Crippen LogP contribution is -2.41. The minimum atomic E-state index is 0.123. The number of morpholine rings is 1. The molecule has 1 aliphatic heterocycles. The van der Waals surface area contributed by atoms with Gasteiger partial charge in [-0.2, -0.15) is 0 Å². The number of nitrogens with two attached hydrogens (primary N) is 1. The zero-order valence-electron chi connectivity index (χ0n) is 12.1. The van der Waals surface area contributed by atoms with Crippen molar-refractivity contribution in [3.63, 3.8) is 0 Å². The van der Waals surface area contributed by atoms with Gasteiger partial charge in [-0.3, -0.25) is 0 Å². The summed E-state index contributed by atoms with van der Waals surface area (Å²) in [5, 5.41) is 13.0. The van der Waals surface area contributed by atoms with Gasteiger partial charge in [0.05, 0.1) is 19.3 Å². The molecule has 0 saturated carbocycles. The van der Waals surface area contributed by atoms with Crippen LogP contribution in [0.2, 0.25) is 0 Å². The van der Waals surface area contributed by atoms with Crippen LogP contribution < -0.4 is 5.73 Å². The summed E-state index contributed by atoms with van der Waals surface area (Å²) < 4.78 is 7.98. The van der Waals surface area contributed by atoms with Gasteiger partial charge in [0.2, 0.25) is 0 Å². The molecule has 1 aromatic heterocycles. The Bertz CT molecular complexity index is 665. The van der Waals surface area contributed by atoms with E-state index in [4.69, 9.17) is 15.7 Å². The van der Waals surface area contributed by atoms with Gasteiger partial charge in [0.15, 0.2) is 5.84 Å². The summed E-state index contributed by atoms with van der Waals surface area (Å²) in [6, 6.07) is 7.84. The second-order valence-electron chi connectivity index (χ2n) is 5.48. The molecule has 3 N–H and O–H groups in total. The van der Waals surface area contributed by atoms with E-state index in [0.717, 1.165) is 37.1 Å². The lowest BCUT2D eigenvalue weighted by atomic mass is 10.1. The third-order valence-corrected chi connectivity index (χ3v) is 3.92. The predicted molar refractivity (Wildman–Crippen MR) is 81.7 cm³/mol. The summed E-state index contributed by atoms with van der Waals surface area (Å²) in [4.78, 5) is 2.28. The fraction of sp³-hybridized carbons (Fsp3) is 0.400. The van der Waals surface area contributed by atoms with Crippen LogP contribution in [0, 0.1) is 0 Å². The van der Waals surface area contributed by atoms with Gasteiger partial charge in [0.25, 0.3) is 0 Å². The van der Waals surface area contributed by atoms with E-state index >= 15 is 0 Å². The Morgan fingerprint density at radius 2 is 2.33 bits per heavy atom. The van der Waals surface area contributed by atoms with Gasteiger partial charge in [-0.1, -0.05) is 17.3 Å². The van der Waals surface area contributed by atoms with Gasteiger partial charge in [-0.05, 0) is 24.6 Å². The molecule has 0 aliphatic carbocycles. The van der Waals surface area contributed by atoms with Crippen LogP contribution in [0.15, 0.2) is 35.6 Å².